The monoisotopic (exact) mass is 851 g/mol. The molecule has 2 aromatic rings. The van der Waals surface area contributed by atoms with Crippen LogP contribution in [0.25, 0.3) is 0 Å². The zero-order chi connectivity index (χ0) is 43.9. The van der Waals surface area contributed by atoms with Crippen LogP contribution in [0.3, 0.4) is 0 Å². The Balaban J connectivity index is 0.000000189. The highest BCUT2D eigenvalue weighted by atomic mass is 14.6. The van der Waals surface area contributed by atoms with Crippen molar-refractivity contribution in [1.82, 2.24) is 0 Å². The number of unbranched alkanes of at least 4 members (excludes halogenated alkanes) is 7. The van der Waals surface area contributed by atoms with Gasteiger partial charge in [0.2, 0.25) is 0 Å². The molecule has 2 aromatic carbocycles. The van der Waals surface area contributed by atoms with Crippen molar-refractivity contribution in [3.05, 3.63) is 70.8 Å². The first-order chi connectivity index (χ1) is 30.8. The SMILES string of the molecule is CCCCCc1ccc(C#CC23CCC(C4CCC(CCCC)CC4)(CC2)CC3)cc1.CCCCCc1ccc(C#CC23CCC(C4CCC(CCCCC)CC4)(CC2)CC3)cc1. The molecule has 63 heavy (non-hydrogen) atoms. The minimum absolute atomic E-state index is 0.332. The second-order valence-electron chi connectivity index (χ2n) is 23.2. The van der Waals surface area contributed by atoms with E-state index in [-0.39, 0.29) is 0 Å². The molecule has 0 nitrogen and oxygen atoms in total. The van der Waals surface area contributed by atoms with Crippen molar-refractivity contribution in [3.63, 3.8) is 0 Å². The molecule has 10 rings (SSSR count). The van der Waals surface area contributed by atoms with Crippen molar-refractivity contribution in [1.29, 1.82) is 0 Å². The fourth-order valence-electron chi connectivity index (χ4n) is 14.4. The van der Waals surface area contributed by atoms with E-state index in [0.717, 1.165) is 23.7 Å². The number of fused-ring (bicyclic) bond motifs is 6. The molecular weight excluding hydrogens is 757 g/mol. The molecule has 8 saturated carbocycles. The van der Waals surface area contributed by atoms with Crippen molar-refractivity contribution < 1.29 is 0 Å². The van der Waals surface area contributed by atoms with Crippen molar-refractivity contribution >= 4 is 0 Å². The maximum Gasteiger partial charge on any atom is 0.0319 e. The number of hydrogen-bond acceptors (Lipinski definition) is 0. The number of hydrogen-bond donors (Lipinski definition) is 0. The van der Waals surface area contributed by atoms with Gasteiger partial charge in [0, 0.05) is 22.0 Å². The maximum atomic E-state index is 3.82. The minimum Gasteiger partial charge on any atom is -0.0911 e. The van der Waals surface area contributed by atoms with Gasteiger partial charge in [0.15, 0.2) is 0 Å². The second kappa shape index (κ2) is 23.8. The summed E-state index contributed by atoms with van der Waals surface area (Å²) in [6, 6.07) is 18.3. The first-order valence-electron chi connectivity index (χ1n) is 28.1. The van der Waals surface area contributed by atoms with Crippen LogP contribution in [0.1, 0.15) is 262 Å². The molecule has 8 fully saturated rings. The van der Waals surface area contributed by atoms with E-state index in [1.54, 1.807) is 0 Å². The van der Waals surface area contributed by atoms with Gasteiger partial charge in [-0.1, -0.05) is 172 Å². The molecule has 0 saturated heterocycles. The zero-order valence-corrected chi connectivity index (χ0v) is 41.7. The van der Waals surface area contributed by atoms with Crippen LogP contribution in [0.15, 0.2) is 48.5 Å². The molecule has 0 amide bonds. The summed E-state index contributed by atoms with van der Waals surface area (Å²) in [6.07, 6.45) is 49.6. The summed E-state index contributed by atoms with van der Waals surface area (Å²) in [5.41, 5.74) is 7.45. The minimum atomic E-state index is 0.332. The van der Waals surface area contributed by atoms with Gasteiger partial charge in [-0.3, -0.25) is 0 Å². The Morgan fingerprint density at radius 2 is 0.714 bits per heavy atom. The van der Waals surface area contributed by atoms with E-state index in [0.29, 0.717) is 21.7 Å². The Labute approximate surface area is 390 Å². The van der Waals surface area contributed by atoms with Crippen molar-refractivity contribution in [2.24, 2.45) is 45.3 Å². The lowest BCUT2D eigenvalue weighted by atomic mass is 9.48. The normalized spacial score (nSPS) is 32.1. The Morgan fingerprint density at radius 1 is 0.381 bits per heavy atom. The third-order valence-corrected chi connectivity index (χ3v) is 19.2. The van der Waals surface area contributed by atoms with E-state index in [9.17, 15) is 0 Å². The smallest absolute Gasteiger partial charge is 0.0319 e. The topological polar surface area (TPSA) is 0 Å². The van der Waals surface area contributed by atoms with Crippen LogP contribution in [0.2, 0.25) is 0 Å². The lowest BCUT2D eigenvalue weighted by molar-refractivity contribution is -0.0379. The summed E-state index contributed by atoms with van der Waals surface area (Å²) in [5.74, 6) is 19.0. The molecule has 0 unspecified atom stereocenters. The summed E-state index contributed by atoms with van der Waals surface area (Å²) in [4.78, 5) is 0. The van der Waals surface area contributed by atoms with Crippen LogP contribution < -0.4 is 0 Å². The van der Waals surface area contributed by atoms with E-state index < -0.39 is 0 Å². The molecule has 0 N–H and O–H groups in total. The zero-order valence-electron chi connectivity index (χ0n) is 41.7. The standard InChI is InChI=1S/C32H48.C31H46/c1-3-5-7-9-27-11-13-29(14-12-27)19-20-31-21-24-32(25-22-31,26-23-31)30-17-15-28(16-18-30)10-8-6-4-2;1-3-5-7-9-27-10-12-28(13-11-27)18-19-30-20-23-31(24-21-30,25-22-30)29-16-14-26(15-17-29)8-6-4-2/h11-14,28,30H,3-10,15-18,21-26H2,1-2H3;10-13,26,29H,3-9,14-17,20-25H2,1-2H3. The fourth-order valence-corrected chi connectivity index (χ4v) is 14.4. The molecule has 0 spiro atoms. The van der Waals surface area contributed by atoms with Gasteiger partial charge < -0.3 is 0 Å². The van der Waals surface area contributed by atoms with Crippen molar-refractivity contribution in [2.45, 2.75) is 252 Å². The van der Waals surface area contributed by atoms with Gasteiger partial charge >= 0.3 is 0 Å². The van der Waals surface area contributed by atoms with Gasteiger partial charge in [-0.15, -0.1) is 0 Å². The van der Waals surface area contributed by atoms with Gasteiger partial charge in [-0.2, -0.15) is 0 Å². The van der Waals surface area contributed by atoms with Gasteiger partial charge in [0.1, 0.15) is 0 Å². The van der Waals surface area contributed by atoms with E-state index in [1.165, 1.54) is 247 Å². The van der Waals surface area contributed by atoms with Crippen LogP contribution in [0.4, 0.5) is 0 Å². The Morgan fingerprint density at radius 3 is 1.06 bits per heavy atom. The number of rotatable bonds is 17. The lowest BCUT2D eigenvalue weighted by Crippen LogP contribution is -2.45. The Bertz CT molecular complexity index is 1700. The van der Waals surface area contributed by atoms with Gasteiger partial charge in [-0.25, -0.2) is 0 Å². The van der Waals surface area contributed by atoms with Crippen LogP contribution >= 0.6 is 0 Å². The molecule has 0 aliphatic heterocycles. The second-order valence-corrected chi connectivity index (χ2v) is 23.2. The Kier molecular flexibility index (Phi) is 18.4. The summed E-state index contributed by atoms with van der Waals surface area (Å²) in [5, 5.41) is 0. The molecule has 8 aliphatic rings. The number of aryl methyl sites for hydroxylation is 2. The summed E-state index contributed by atoms with van der Waals surface area (Å²) in [7, 11) is 0. The first-order valence-corrected chi connectivity index (χ1v) is 28.1. The molecular formula is C63H94. The third-order valence-electron chi connectivity index (χ3n) is 19.2. The van der Waals surface area contributed by atoms with E-state index >= 15 is 0 Å². The largest absolute Gasteiger partial charge is 0.0911 e. The molecule has 0 radical (unpaired) electrons. The number of benzene rings is 2. The van der Waals surface area contributed by atoms with Gasteiger partial charge in [-0.05, 0) is 198 Å². The summed E-state index contributed by atoms with van der Waals surface area (Å²) in [6.45, 7) is 9.22. The molecule has 4 bridgehead atoms. The summed E-state index contributed by atoms with van der Waals surface area (Å²) >= 11 is 0. The fraction of sp³-hybridized carbons (Fsp3) is 0.746. The van der Waals surface area contributed by atoms with Crippen LogP contribution in [-0.2, 0) is 12.8 Å². The molecule has 0 heterocycles. The lowest BCUT2D eigenvalue weighted by Gasteiger charge is -2.56. The van der Waals surface area contributed by atoms with Gasteiger partial charge in [0.05, 0.1) is 0 Å². The van der Waals surface area contributed by atoms with Crippen LogP contribution in [0, 0.1) is 69.0 Å². The van der Waals surface area contributed by atoms with Crippen LogP contribution in [0.5, 0.6) is 0 Å². The average Bonchev–Trinajstić information content (AvgIpc) is 3.35. The first kappa shape index (κ1) is 48.5. The maximum absolute atomic E-state index is 3.82. The highest BCUT2D eigenvalue weighted by Crippen LogP contribution is 2.63. The quantitative estimate of drug-likeness (QED) is 0.110. The van der Waals surface area contributed by atoms with Crippen molar-refractivity contribution in [3.8, 4) is 23.7 Å². The highest BCUT2D eigenvalue weighted by Gasteiger charge is 2.53. The van der Waals surface area contributed by atoms with E-state index in [2.05, 4.69) is 99.9 Å². The van der Waals surface area contributed by atoms with Crippen molar-refractivity contribution in [2.75, 3.05) is 0 Å². The molecule has 0 atom stereocenters. The van der Waals surface area contributed by atoms with E-state index in [4.69, 9.17) is 0 Å². The predicted molar refractivity (Wildman–Crippen MR) is 273 cm³/mol. The predicted octanol–water partition coefficient (Wildman–Crippen LogP) is 18.6. The average molecular weight is 851 g/mol. The molecule has 8 aliphatic carbocycles. The van der Waals surface area contributed by atoms with Gasteiger partial charge in [0.25, 0.3) is 0 Å². The molecule has 0 heteroatoms. The summed E-state index contributed by atoms with van der Waals surface area (Å²) < 4.78 is 0. The molecule has 0 aromatic heterocycles. The highest BCUT2D eigenvalue weighted by molar-refractivity contribution is 5.39. The van der Waals surface area contributed by atoms with E-state index in [1.807, 2.05) is 0 Å². The third kappa shape index (κ3) is 13.1. The molecule has 346 valence electrons. The Hall–Kier alpha value is -2.44. The van der Waals surface area contributed by atoms with Crippen LogP contribution in [-0.4, -0.2) is 0 Å².